The minimum atomic E-state index is -4.51. The SMILES string of the molecule is CC(C)CNC(=O)c1ccccc1NC(=O)CN1CCN(c2ncc(C(F)(F)F)cc2Cl)CC1. The van der Waals surface area contributed by atoms with Crippen LogP contribution in [0.25, 0.3) is 0 Å². The third-order valence-corrected chi connectivity index (χ3v) is 5.58. The van der Waals surface area contributed by atoms with E-state index in [1.165, 1.54) is 0 Å². The van der Waals surface area contributed by atoms with E-state index in [1.807, 2.05) is 18.7 Å². The molecule has 0 spiro atoms. The first-order valence-corrected chi connectivity index (χ1v) is 11.3. The molecule has 2 N–H and O–H groups in total. The van der Waals surface area contributed by atoms with E-state index in [2.05, 4.69) is 15.6 Å². The minimum Gasteiger partial charge on any atom is -0.353 e. The molecule has 2 amide bonds. The second-order valence-electron chi connectivity index (χ2n) is 8.49. The number of carbonyl (C=O) groups is 2. The summed E-state index contributed by atoms with van der Waals surface area (Å²) < 4.78 is 38.5. The van der Waals surface area contributed by atoms with E-state index >= 15 is 0 Å². The number of amides is 2. The van der Waals surface area contributed by atoms with Gasteiger partial charge in [-0.1, -0.05) is 37.6 Å². The second kappa shape index (κ2) is 11.1. The molecule has 1 fully saturated rings. The first-order valence-electron chi connectivity index (χ1n) is 10.9. The van der Waals surface area contributed by atoms with E-state index in [9.17, 15) is 22.8 Å². The molecule has 1 saturated heterocycles. The lowest BCUT2D eigenvalue weighted by Crippen LogP contribution is -2.49. The van der Waals surface area contributed by atoms with Crippen molar-refractivity contribution in [2.24, 2.45) is 5.92 Å². The second-order valence-corrected chi connectivity index (χ2v) is 8.90. The number of hydrogen-bond acceptors (Lipinski definition) is 5. The monoisotopic (exact) mass is 497 g/mol. The number of alkyl halides is 3. The molecule has 11 heteroatoms. The summed E-state index contributed by atoms with van der Waals surface area (Å²) >= 11 is 6.05. The van der Waals surface area contributed by atoms with Crippen LogP contribution >= 0.6 is 11.6 Å². The molecule has 3 rings (SSSR count). The highest BCUT2D eigenvalue weighted by Gasteiger charge is 2.32. The number of para-hydroxylation sites is 1. The maximum Gasteiger partial charge on any atom is 0.417 e. The number of anilines is 2. The van der Waals surface area contributed by atoms with Crippen LogP contribution in [0.3, 0.4) is 0 Å². The van der Waals surface area contributed by atoms with Crippen molar-refractivity contribution in [2.45, 2.75) is 20.0 Å². The highest BCUT2D eigenvalue weighted by atomic mass is 35.5. The van der Waals surface area contributed by atoms with Gasteiger partial charge >= 0.3 is 6.18 Å². The van der Waals surface area contributed by atoms with E-state index in [1.54, 1.807) is 29.2 Å². The van der Waals surface area contributed by atoms with E-state index < -0.39 is 11.7 Å². The molecule has 0 radical (unpaired) electrons. The molecule has 0 bridgehead atoms. The van der Waals surface area contributed by atoms with Gasteiger partial charge in [0, 0.05) is 38.9 Å². The lowest BCUT2D eigenvalue weighted by molar-refractivity contribution is -0.137. The fraction of sp³-hybridized carbons (Fsp3) is 0.435. The molecule has 7 nitrogen and oxygen atoms in total. The Morgan fingerprint density at radius 2 is 1.82 bits per heavy atom. The largest absolute Gasteiger partial charge is 0.417 e. The number of nitrogens with one attached hydrogen (secondary N) is 2. The number of pyridine rings is 1. The summed E-state index contributed by atoms with van der Waals surface area (Å²) in [7, 11) is 0. The zero-order chi connectivity index (χ0) is 24.9. The van der Waals surface area contributed by atoms with Crippen molar-refractivity contribution >= 4 is 34.9 Å². The standard InChI is InChI=1S/C23H27ClF3N5O2/c1-15(2)12-29-22(34)17-5-3-4-6-19(17)30-20(33)14-31-7-9-32(10-8-31)21-18(24)11-16(13-28-21)23(25,26)27/h3-6,11,13,15H,7-10,12,14H2,1-2H3,(H,29,34)(H,30,33). The van der Waals surface area contributed by atoms with E-state index in [-0.39, 0.29) is 23.4 Å². The lowest BCUT2D eigenvalue weighted by Gasteiger charge is -2.35. The van der Waals surface area contributed by atoms with Gasteiger partial charge in [0.1, 0.15) is 5.82 Å². The van der Waals surface area contributed by atoms with Crippen LogP contribution in [0.1, 0.15) is 29.8 Å². The summed E-state index contributed by atoms with van der Waals surface area (Å²) in [5.74, 6) is 0.0829. The highest BCUT2D eigenvalue weighted by Crippen LogP contribution is 2.33. The summed E-state index contributed by atoms with van der Waals surface area (Å²) in [4.78, 5) is 32.7. The Balaban J connectivity index is 1.55. The van der Waals surface area contributed by atoms with Crippen LogP contribution in [0.4, 0.5) is 24.7 Å². The van der Waals surface area contributed by atoms with Gasteiger partial charge in [0.15, 0.2) is 0 Å². The van der Waals surface area contributed by atoms with Crippen LogP contribution in [-0.2, 0) is 11.0 Å². The molecule has 0 atom stereocenters. The predicted octanol–water partition coefficient (Wildman–Crippen LogP) is 3.90. The number of aromatic nitrogens is 1. The first kappa shape index (κ1) is 25.8. The average molecular weight is 498 g/mol. The fourth-order valence-electron chi connectivity index (χ4n) is 3.51. The molecule has 0 unspecified atom stereocenters. The third-order valence-electron chi connectivity index (χ3n) is 5.30. The Morgan fingerprint density at radius 1 is 1.15 bits per heavy atom. The number of halogens is 4. The van der Waals surface area contributed by atoms with Crippen molar-refractivity contribution in [2.75, 3.05) is 49.5 Å². The van der Waals surface area contributed by atoms with Crippen molar-refractivity contribution in [3.8, 4) is 0 Å². The molecule has 1 aliphatic heterocycles. The number of piperazine rings is 1. The maximum absolute atomic E-state index is 12.8. The van der Waals surface area contributed by atoms with Crippen molar-refractivity contribution in [1.29, 1.82) is 0 Å². The van der Waals surface area contributed by atoms with Crippen molar-refractivity contribution < 1.29 is 22.8 Å². The van der Waals surface area contributed by atoms with E-state index in [0.29, 0.717) is 55.7 Å². The van der Waals surface area contributed by atoms with Gasteiger partial charge in [-0.2, -0.15) is 13.2 Å². The Hall–Kier alpha value is -2.85. The molecule has 0 saturated carbocycles. The Labute approximate surface area is 201 Å². The average Bonchev–Trinajstić information content (AvgIpc) is 2.77. The summed E-state index contributed by atoms with van der Waals surface area (Å²) in [6, 6.07) is 7.69. The molecule has 1 aliphatic rings. The zero-order valence-electron chi connectivity index (χ0n) is 19.0. The van der Waals surface area contributed by atoms with E-state index in [0.717, 1.165) is 12.3 Å². The summed E-state index contributed by atoms with van der Waals surface area (Å²) in [6.07, 6.45) is -3.73. The van der Waals surface area contributed by atoms with Gasteiger partial charge in [0.25, 0.3) is 5.91 Å². The van der Waals surface area contributed by atoms with Gasteiger partial charge < -0.3 is 15.5 Å². The Kier molecular flexibility index (Phi) is 8.37. The number of nitrogens with zero attached hydrogens (tertiary/aromatic N) is 3. The molecular weight excluding hydrogens is 471 g/mol. The predicted molar refractivity (Wildman–Crippen MR) is 125 cm³/mol. The number of rotatable bonds is 7. The molecule has 1 aromatic heterocycles. The van der Waals surface area contributed by atoms with Crippen molar-refractivity contribution in [3.63, 3.8) is 0 Å². The van der Waals surface area contributed by atoms with Crippen LogP contribution in [-0.4, -0.2) is 61.0 Å². The van der Waals surface area contributed by atoms with Crippen molar-refractivity contribution in [1.82, 2.24) is 15.2 Å². The molecule has 2 heterocycles. The van der Waals surface area contributed by atoms with Crippen LogP contribution < -0.4 is 15.5 Å². The van der Waals surface area contributed by atoms with E-state index in [4.69, 9.17) is 11.6 Å². The molecule has 1 aromatic carbocycles. The highest BCUT2D eigenvalue weighted by molar-refractivity contribution is 6.33. The number of benzene rings is 1. The molecule has 2 aromatic rings. The molecular formula is C23H27ClF3N5O2. The van der Waals surface area contributed by atoms with Gasteiger partial charge in [-0.3, -0.25) is 14.5 Å². The van der Waals surface area contributed by atoms with Crippen LogP contribution in [0.15, 0.2) is 36.5 Å². The zero-order valence-corrected chi connectivity index (χ0v) is 19.7. The van der Waals surface area contributed by atoms with Gasteiger partial charge in [-0.05, 0) is 24.1 Å². The van der Waals surface area contributed by atoms with Gasteiger partial charge in [0.2, 0.25) is 5.91 Å². The lowest BCUT2D eigenvalue weighted by atomic mass is 10.1. The quantitative estimate of drug-likeness (QED) is 0.606. The van der Waals surface area contributed by atoms with Gasteiger partial charge in [-0.15, -0.1) is 0 Å². The topological polar surface area (TPSA) is 77.6 Å². The summed E-state index contributed by atoms with van der Waals surface area (Å²) in [5, 5.41) is 5.59. The first-order chi connectivity index (χ1) is 16.0. The normalized spacial score (nSPS) is 14.9. The molecule has 0 aliphatic carbocycles. The summed E-state index contributed by atoms with van der Waals surface area (Å²) in [6.45, 7) is 6.56. The fourth-order valence-corrected chi connectivity index (χ4v) is 3.80. The molecule has 184 valence electrons. The van der Waals surface area contributed by atoms with Gasteiger partial charge in [-0.25, -0.2) is 4.98 Å². The van der Waals surface area contributed by atoms with Crippen molar-refractivity contribution in [3.05, 3.63) is 52.7 Å². The van der Waals surface area contributed by atoms with Crippen LogP contribution in [0, 0.1) is 5.92 Å². The maximum atomic E-state index is 12.8. The smallest absolute Gasteiger partial charge is 0.353 e. The van der Waals surface area contributed by atoms with Crippen LogP contribution in [0.2, 0.25) is 5.02 Å². The third kappa shape index (κ3) is 6.83. The summed E-state index contributed by atoms with van der Waals surface area (Å²) in [5.41, 5.74) is -0.0628. The Morgan fingerprint density at radius 3 is 2.44 bits per heavy atom. The van der Waals surface area contributed by atoms with Crippen LogP contribution in [0.5, 0.6) is 0 Å². The molecule has 34 heavy (non-hydrogen) atoms. The minimum absolute atomic E-state index is 0.0617. The Bertz CT molecular complexity index is 1020. The number of carbonyl (C=O) groups excluding carboxylic acids is 2. The van der Waals surface area contributed by atoms with Gasteiger partial charge in [0.05, 0.1) is 28.4 Å². The number of hydrogen-bond donors (Lipinski definition) is 2.